The molecule has 2 N–H and O–H groups in total. The minimum Gasteiger partial charge on any atom is -0.478 e. The van der Waals surface area contributed by atoms with E-state index >= 15 is 0 Å². The van der Waals surface area contributed by atoms with Gasteiger partial charge in [0.1, 0.15) is 6.10 Å². The highest BCUT2D eigenvalue weighted by atomic mass is 16.5. The molecule has 1 aliphatic rings. The van der Waals surface area contributed by atoms with Gasteiger partial charge in [0, 0.05) is 13.0 Å². The van der Waals surface area contributed by atoms with Crippen molar-refractivity contribution < 1.29 is 19.4 Å². The van der Waals surface area contributed by atoms with Crippen molar-refractivity contribution in [1.29, 1.82) is 0 Å². The topological polar surface area (TPSA) is 75.6 Å². The molecule has 5 nitrogen and oxygen atoms in total. The van der Waals surface area contributed by atoms with Gasteiger partial charge in [0.2, 0.25) is 5.91 Å². The maximum Gasteiger partial charge on any atom is 0.335 e. The van der Waals surface area contributed by atoms with Crippen LogP contribution in [0.15, 0.2) is 54.6 Å². The van der Waals surface area contributed by atoms with Crippen molar-refractivity contribution in [3.05, 3.63) is 71.3 Å². The number of hydrogen-bond acceptors (Lipinski definition) is 3. The normalized spacial score (nSPS) is 19.5. The van der Waals surface area contributed by atoms with E-state index in [4.69, 9.17) is 9.84 Å². The molecular weight excluding hydrogens is 318 g/mol. The van der Waals surface area contributed by atoms with Crippen molar-refractivity contribution >= 4 is 11.9 Å². The third-order valence-electron chi connectivity index (χ3n) is 4.41. The Morgan fingerprint density at radius 3 is 2.48 bits per heavy atom. The van der Waals surface area contributed by atoms with Gasteiger partial charge in [-0.25, -0.2) is 4.79 Å². The zero-order valence-corrected chi connectivity index (χ0v) is 13.9. The van der Waals surface area contributed by atoms with Crippen molar-refractivity contribution in [2.24, 2.45) is 0 Å². The minimum atomic E-state index is -0.947. The number of carboxylic acids is 1. The molecule has 2 atom stereocenters. The highest BCUT2D eigenvalue weighted by Gasteiger charge is 2.30. The van der Waals surface area contributed by atoms with Crippen LogP contribution in [0.4, 0.5) is 0 Å². The van der Waals surface area contributed by atoms with Crippen LogP contribution in [0, 0.1) is 0 Å². The number of amides is 1. The number of aromatic carboxylic acids is 1. The third-order valence-corrected chi connectivity index (χ3v) is 4.41. The highest BCUT2D eigenvalue weighted by molar-refractivity contribution is 5.87. The van der Waals surface area contributed by atoms with Gasteiger partial charge >= 0.3 is 5.97 Å². The number of carbonyl (C=O) groups is 2. The first kappa shape index (κ1) is 17.2. The first-order chi connectivity index (χ1) is 12.1. The standard InChI is InChI=1S/C20H21NO4/c22-18(11-8-14-6-9-16(10-7-14)20(23)24)21-17-12-13-25-19(17)15-4-2-1-3-5-15/h1-7,9-10,17,19H,8,11-13H2,(H,21,22)(H,23,24). The van der Waals surface area contributed by atoms with Gasteiger partial charge in [-0.05, 0) is 36.1 Å². The number of rotatable bonds is 6. The molecule has 0 bridgehead atoms. The summed E-state index contributed by atoms with van der Waals surface area (Å²) in [5.74, 6) is -0.962. The summed E-state index contributed by atoms with van der Waals surface area (Å²) in [5.41, 5.74) is 2.28. The minimum absolute atomic E-state index is 0.00992. The number of hydrogen-bond donors (Lipinski definition) is 2. The maximum absolute atomic E-state index is 12.3. The molecular formula is C20H21NO4. The molecule has 0 radical (unpaired) electrons. The van der Waals surface area contributed by atoms with Crippen LogP contribution >= 0.6 is 0 Å². The second kappa shape index (κ2) is 7.94. The summed E-state index contributed by atoms with van der Waals surface area (Å²) in [4.78, 5) is 23.1. The van der Waals surface area contributed by atoms with E-state index in [1.54, 1.807) is 24.3 Å². The molecule has 0 aliphatic carbocycles. The van der Waals surface area contributed by atoms with E-state index in [1.165, 1.54) is 0 Å². The summed E-state index contributed by atoms with van der Waals surface area (Å²) in [6, 6.07) is 16.5. The van der Waals surface area contributed by atoms with E-state index in [0.717, 1.165) is 17.5 Å². The molecule has 25 heavy (non-hydrogen) atoms. The Balaban J connectivity index is 1.52. The van der Waals surface area contributed by atoms with Crippen molar-refractivity contribution in [2.45, 2.75) is 31.4 Å². The largest absolute Gasteiger partial charge is 0.478 e. The molecule has 1 saturated heterocycles. The monoisotopic (exact) mass is 339 g/mol. The van der Waals surface area contributed by atoms with E-state index in [2.05, 4.69) is 5.32 Å². The van der Waals surface area contributed by atoms with Gasteiger partial charge in [-0.2, -0.15) is 0 Å². The summed E-state index contributed by atoms with van der Waals surface area (Å²) in [5, 5.41) is 12.0. The number of ether oxygens (including phenoxy) is 1. The number of nitrogens with one attached hydrogen (secondary N) is 1. The van der Waals surface area contributed by atoms with E-state index in [9.17, 15) is 9.59 Å². The van der Waals surface area contributed by atoms with Gasteiger partial charge in [-0.15, -0.1) is 0 Å². The van der Waals surface area contributed by atoms with Gasteiger partial charge in [-0.3, -0.25) is 4.79 Å². The Bertz CT molecular complexity index is 727. The smallest absolute Gasteiger partial charge is 0.335 e. The zero-order chi connectivity index (χ0) is 17.6. The van der Waals surface area contributed by atoms with Crippen LogP contribution in [-0.2, 0) is 16.0 Å². The predicted octanol–water partition coefficient (Wildman–Crippen LogP) is 2.96. The summed E-state index contributed by atoms with van der Waals surface area (Å²) >= 11 is 0. The fraction of sp³-hybridized carbons (Fsp3) is 0.300. The van der Waals surface area contributed by atoms with Crippen LogP contribution < -0.4 is 5.32 Å². The van der Waals surface area contributed by atoms with E-state index in [0.29, 0.717) is 19.4 Å². The molecule has 0 spiro atoms. The Morgan fingerprint density at radius 2 is 1.80 bits per heavy atom. The predicted molar refractivity (Wildman–Crippen MR) is 93.4 cm³/mol. The van der Waals surface area contributed by atoms with E-state index in [-0.39, 0.29) is 23.6 Å². The van der Waals surface area contributed by atoms with Crippen LogP contribution in [-0.4, -0.2) is 29.6 Å². The number of aryl methyl sites for hydroxylation is 1. The van der Waals surface area contributed by atoms with Crippen molar-refractivity contribution in [3.63, 3.8) is 0 Å². The lowest BCUT2D eigenvalue weighted by atomic mass is 10.0. The van der Waals surface area contributed by atoms with Gasteiger partial charge < -0.3 is 15.2 Å². The Hall–Kier alpha value is -2.66. The molecule has 1 amide bonds. The lowest BCUT2D eigenvalue weighted by Crippen LogP contribution is -2.36. The quantitative estimate of drug-likeness (QED) is 0.848. The Morgan fingerprint density at radius 1 is 1.08 bits per heavy atom. The van der Waals surface area contributed by atoms with Crippen LogP contribution in [0.2, 0.25) is 0 Å². The van der Waals surface area contributed by atoms with E-state index < -0.39 is 5.97 Å². The summed E-state index contributed by atoms with van der Waals surface area (Å²) in [6.07, 6.45) is 1.65. The average molecular weight is 339 g/mol. The second-order valence-corrected chi connectivity index (χ2v) is 6.17. The fourth-order valence-corrected chi connectivity index (χ4v) is 3.06. The molecule has 1 heterocycles. The van der Waals surface area contributed by atoms with Crippen LogP contribution in [0.1, 0.15) is 40.4 Å². The number of carbonyl (C=O) groups excluding carboxylic acids is 1. The first-order valence-corrected chi connectivity index (χ1v) is 8.41. The molecule has 0 saturated carbocycles. The highest BCUT2D eigenvalue weighted by Crippen LogP contribution is 2.29. The van der Waals surface area contributed by atoms with Gasteiger partial charge in [-0.1, -0.05) is 42.5 Å². The molecule has 130 valence electrons. The molecule has 2 aromatic carbocycles. The number of carboxylic acid groups (broad SMARTS) is 1. The molecule has 2 aromatic rings. The van der Waals surface area contributed by atoms with Crippen molar-refractivity contribution in [3.8, 4) is 0 Å². The first-order valence-electron chi connectivity index (χ1n) is 8.41. The van der Waals surface area contributed by atoms with Crippen molar-refractivity contribution in [1.82, 2.24) is 5.32 Å². The van der Waals surface area contributed by atoms with Gasteiger partial charge in [0.15, 0.2) is 0 Å². The van der Waals surface area contributed by atoms with Gasteiger partial charge in [0.05, 0.1) is 11.6 Å². The van der Waals surface area contributed by atoms with E-state index in [1.807, 2.05) is 30.3 Å². The van der Waals surface area contributed by atoms with Gasteiger partial charge in [0.25, 0.3) is 0 Å². The second-order valence-electron chi connectivity index (χ2n) is 6.17. The molecule has 3 rings (SSSR count). The Kier molecular flexibility index (Phi) is 5.46. The maximum atomic E-state index is 12.3. The summed E-state index contributed by atoms with van der Waals surface area (Å²) in [6.45, 7) is 0.640. The zero-order valence-electron chi connectivity index (χ0n) is 13.9. The molecule has 0 aromatic heterocycles. The van der Waals surface area contributed by atoms with Crippen LogP contribution in [0.3, 0.4) is 0 Å². The fourth-order valence-electron chi connectivity index (χ4n) is 3.06. The lowest BCUT2D eigenvalue weighted by molar-refractivity contribution is -0.122. The van der Waals surface area contributed by atoms with Crippen molar-refractivity contribution in [2.75, 3.05) is 6.61 Å². The Labute approximate surface area is 146 Å². The molecule has 1 aliphatic heterocycles. The molecule has 1 fully saturated rings. The van der Waals surface area contributed by atoms with Crippen LogP contribution in [0.25, 0.3) is 0 Å². The average Bonchev–Trinajstić information content (AvgIpc) is 3.09. The third kappa shape index (κ3) is 4.45. The molecule has 2 unspecified atom stereocenters. The summed E-state index contributed by atoms with van der Waals surface area (Å²) < 4.78 is 5.78. The van der Waals surface area contributed by atoms with Crippen LogP contribution in [0.5, 0.6) is 0 Å². The summed E-state index contributed by atoms with van der Waals surface area (Å²) in [7, 11) is 0. The SMILES string of the molecule is O=C(CCc1ccc(C(=O)O)cc1)NC1CCOC1c1ccccc1. The lowest BCUT2D eigenvalue weighted by Gasteiger charge is -2.20. The number of benzene rings is 2. The molecule has 5 heteroatoms.